The van der Waals surface area contributed by atoms with E-state index in [4.69, 9.17) is 0 Å². The van der Waals surface area contributed by atoms with Crippen molar-refractivity contribution in [2.75, 3.05) is 0 Å². The Morgan fingerprint density at radius 3 is 1.92 bits per heavy atom. The minimum absolute atomic E-state index is 0.0724. The van der Waals surface area contributed by atoms with Gasteiger partial charge < -0.3 is 5.11 Å². The SMILES string of the molecule is CCCC(C)(C)C(=O)C(C)(C)O. The molecule has 0 bridgehead atoms. The molecule has 0 aromatic carbocycles. The Labute approximate surface area is 75.0 Å². The van der Waals surface area contributed by atoms with Crippen molar-refractivity contribution in [1.82, 2.24) is 0 Å². The standard InChI is InChI=1S/C10H20O2/c1-6-7-9(2,3)8(11)10(4,5)12/h12H,6-7H2,1-5H3. The van der Waals surface area contributed by atoms with Crippen LogP contribution < -0.4 is 0 Å². The molecule has 1 N–H and O–H groups in total. The highest BCUT2D eigenvalue weighted by Gasteiger charge is 2.36. The van der Waals surface area contributed by atoms with Gasteiger partial charge in [0.05, 0.1) is 0 Å². The fraction of sp³-hybridized carbons (Fsp3) is 0.900. The van der Waals surface area contributed by atoms with Gasteiger partial charge in [0.15, 0.2) is 5.78 Å². The number of aliphatic hydroxyl groups is 1. The average Bonchev–Trinajstić information content (AvgIpc) is 1.84. The van der Waals surface area contributed by atoms with Crippen LogP contribution in [0.5, 0.6) is 0 Å². The van der Waals surface area contributed by atoms with Crippen LogP contribution in [0.2, 0.25) is 0 Å². The zero-order valence-corrected chi connectivity index (χ0v) is 8.77. The molecule has 0 amide bonds. The molecular weight excluding hydrogens is 152 g/mol. The molecule has 0 fully saturated rings. The van der Waals surface area contributed by atoms with Crippen molar-refractivity contribution in [3.05, 3.63) is 0 Å². The number of carbonyl (C=O) groups is 1. The maximum absolute atomic E-state index is 11.6. The van der Waals surface area contributed by atoms with E-state index in [2.05, 4.69) is 0 Å². The van der Waals surface area contributed by atoms with Gasteiger partial charge in [-0.05, 0) is 20.3 Å². The number of rotatable bonds is 4. The molecular formula is C10H20O2. The summed E-state index contributed by atoms with van der Waals surface area (Å²) in [5, 5.41) is 9.50. The maximum atomic E-state index is 11.6. The highest BCUT2D eigenvalue weighted by Crippen LogP contribution is 2.28. The summed E-state index contributed by atoms with van der Waals surface area (Å²) in [5.74, 6) is -0.0724. The van der Waals surface area contributed by atoms with Crippen molar-refractivity contribution in [1.29, 1.82) is 0 Å². The van der Waals surface area contributed by atoms with Gasteiger partial charge in [0.1, 0.15) is 5.60 Å². The first-order valence-electron chi connectivity index (χ1n) is 4.49. The summed E-state index contributed by atoms with van der Waals surface area (Å²) in [6.45, 7) is 8.91. The molecule has 0 rings (SSSR count). The Kier molecular flexibility index (Phi) is 3.45. The lowest BCUT2D eigenvalue weighted by atomic mass is 9.77. The van der Waals surface area contributed by atoms with E-state index in [-0.39, 0.29) is 5.78 Å². The van der Waals surface area contributed by atoms with Crippen LogP contribution >= 0.6 is 0 Å². The first-order valence-corrected chi connectivity index (χ1v) is 4.49. The minimum atomic E-state index is -1.20. The number of hydrogen-bond donors (Lipinski definition) is 1. The molecule has 0 aromatic rings. The van der Waals surface area contributed by atoms with E-state index in [0.717, 1.165) is 12.8 Å². The summed E-state index contributed by atoms with van der Waals surface area (Å²) < 4.78 is 0. The van der Waals surface area contributed by atoms with Crippen LogP contribution in [0.15, 0.2) is 0 Å². The van der Waals surface area contributed by atoms with E-state index in [9.17, 15) is 9.90 Å². The maximum Gasteiger partial charge on any atom is 0.169 e. The topological polar surface area (TPSA) is 37.3 Å². The molecule has 0 heterocycles. The molecule has 0 aromatic heterocycles. The third-order valence-corrected chi connectivity index (χ3v) is 2.05. The monoisotopic (exact) mass is 172 g/mol. The molecule has 0 aliphatic carbocycles. The van der Waals surface area contributed by atoms with Crippen LogP contribution in [-0.4, -0.2) is 16.5 Å². The summed E-state index contributed by atoms with van der Waals surface area (Å²) >= 11 is 0. The molecule has 0 saturated carbocycles. The van der Waals surface area contributed by atoms with E-state index in [0.29, 0.717) is 0 Å². The van der Waals surface area contributed by atoms with Crippen molar-refractivity contribution in [2.24, 2.45) is 5.41 Å². The van der Waals surface area contributed by atoms with E-state index in [1.165, 1.54) is 0 Å². The van der Waals surface area contributed by atoms with Gasteiger partial charge in [-0.2, -0.15) is 0 Å². The molecule has 0 radical (unpaired) electrons. The third-order valence-electron chi connectivity index (χ3n) is 2.05. The summed E-state index contributed by atoms with van der Waals surface area (Å²) in [6, 6.07) is 0. The van der Waals surface area contributed by atoms with E-state index in [1.54, 1.807) is 13.8 Å². The smallest absolute Gasteiger partial charge is 0.169 e. The predicted molar refractivity (Wildman–Crippen MR) is 50.0 cm³/mol. The summed E-state index contributed by atoms with van der Waals surface area (Å²) in [4.78, 5) is 11.6. The predicted octanol–water partition coefficient (Wildman–Crippen LogP) is 2.15. The summed E-state index contributed by atoms with van der Waals surface area (Å²) in [6.07, 6.45) is 1.80. The Bertz CT molecular complexity index is 163. The summed E-state index contributed by atoms with van der Waals surface area (Å²) in [5.41, 5.74) is -1.59. The molecule has 72 valence electrons. The van der Waals surface area contributed by atoms with Gasteiger partial charge >= 0.3 is 0 Å². The second-order valence-corrected chi connectivity index (χ2v) is 4.52. The molecule has 2 nitrogen and oxygen atoms in total. The van der Waals surface area contributed by atoms with Gasteiger partial charge in [-0.25, -0.2) is 0 Å². The van der Waals surface area contributed by atoms with Crippen LogP contribution in [0.25, 0.3) is 0 Å². The minimum Gasteiger partial charge on any atom is -0.383 e. The molecule has 0 aliphatic heterocycles. The molecule has 0 aliphatic rings. The van der Waals surface area contributed by atoms with Crippen LogP contribution in [0.3, 0.4) is 0 Å². The molecule has 2 heteroatoms. The highest BCUT2D eigenvalue weighted by atomic mass is 16.3. The lowest BCUT2D eigenvalue weighted by Crippen LogP contribution is -2.41. The van der Waals surface area contributed by atoms with Gasteiger partial charge in [0.2, 0.25) is 0 Å². The van der Waals surface area contributed by atoms with E-state index in [1.807, 2.05) is 20.8 Å². The van der Waals surface area contributed by atoms with Crippen LogP contribution in [-0.2, 0) is 4.79 Å². The number of carbonyl (C=O) groups excluding carboxylic acids is 1. The van der Waals surface area contributed by atoms with Crippen LogP contribution in [0.4, 0.5) is 0 Å². The van der Waals surface area contributed by atoms with E-state index >= 15 is 0 Å². The third kappa shape index (κ3) is 2.94. The van der Waals surface area contributed by atoms with Crippen molar-refractivity contribution >= 4 is 5.78 Å². The quantitative estimate of drug-likeness (QED) is 0.705. The van der Waals surface area contributed by atoms with Crippen molar-refractivity contribution < 1.29 is 9.90 Å². The number of hydrogen-bond acceptors (Lipinski definition) is 2. The average molecular weight is 172 g/mol. The Hall–Kier alpha value is -0.370. The van der Waals surface area contributed by atoms with E-state index < -0.39 is 11.0 Å². The lowest BCUT2D eigenvalue weighted by molar-refractivity contribution is -0.143. The Balaban J connectivity index is 4.46. The number of ketones is 1. The van der Waals surface area contributed by atoms with Gasteiger partial charge in [-0.1, -0.05) is 27.2 Å². The summed E-state index contributed by atoms with van der Waals surface area (Å²) in [7, 11) is 0. The number of Topliss-reactive ketones (excluding diaryl/α,β-unsaturated/α-hetero) is 1. The molecule has 0 saturated heterocycles. The Morgan fingerprint density at radius 2 is 1.67 bits per heavy atom. The second-order valence-electron chi connectivity index (χ2n) is 4.52. The van der Waals surface area contributed by atoms with Gasteiger partial charge in [0.25, 0.3) is 0 Å². The first-order chi connectivity index (χ1) is 5.22. The largest absolute Gasteiger partial charge is 0.383 e. The molecule has 12 heavy (non-hydrogen) atoms. The first kappa shape index (κ1) is 11.6. The Morgan fingerprint density at radius 1 is 1.25 bits per heavy atom. The lowest BCUT2D eigenvalue weighted by Gasteiger charge is -2.29. The molecule has 0 unspecified atom stereocenters. The van der Waals surface area contributed by atoms with Crippen molar-refractivity contribution in [3.8, 4) is 0 Å². The fourth-order valence-electron chi connectivity index (χ4n) is 1.57. The van der Waals surface area contributed by atoms with Crippen LogP contribution in [0, 0.1) is 5.41 Å². The zero-order chi connectivity index (χ0) is 9.99. The van der Waals surface area contributed by atoms with Crippen LogP contribution in [0.1, 0.15) is 47.5 Å². The normalized spacial score (nSPS) is 13.2. The van der Waals surface area contributed by atoms with Gasteiger partial charge in [0, 0.05) is 5.41 Å². The highest BCUT2D eigenvalue weighted by molar-refractivity contribution is 5.90. The zero-order valence-electron chi connectivity index (χ0n) is 8.77. The molecule has 0 atom stereocenters. The molecule has 0 spiro atoms. The van der Waals surface area contributed by atoms with Gasteiger partial charge in [-0.15, -0.1) is 0 Å². The fourth-order valence-corrected chi connectivity index (χ4v) is 1.57. The van der Waals surface area contributed by atoms with Crippen molar-refractivity contribution in [3.63, 3.8) is 0 Å². The van der Waals surface area contributed by atoms with Gasteiger partial charge in [-0.3, -0.25) is 4.79 Å². The second kappa shape index (κ2) is 3.56. The van der Waals surface area contributed by atoms with Crippen molar-refractivity contribution in [2.45, 2.75) is 53.1 Å².